The fraction of sp³-hybridized carbons (Fsp3) is 0.571. The molecule has 0 aromatic heterocycles. The second-order valence-electron chi connectivity index (χ2n) is 4.88. The van der Waals surface area contributed by atoms with Crippen molar-refractivity contribution < 1.29 is 9.84 Å². The van der Waals surface area contributed by atoms with E-state index < -0.39 is 0 Å². The summed E-state index contributed by atoms with van der Waals surface area (Å²) in [6.07, 6.45) is 1.21. The van der Waals surface area contributed by atoms with Crippen LogP contribution in [0.4, 0.5) is 0 Å². The number of methoxy groups -OCH3 is 1. The first-order valence-corrected chi connectivity index (χ1v) is 6.22. The van der Waals surface area contributed by atoms with Crippen LogP contribution < -0.4 is 0 Å². The molecule has 0 spiro atoms. The van der Waals surface area contributed by atoms with E-state index >= 15 is 0 Å². The lowest BCUT2D eigenvalue weighted by atomic mass is 10.1. The van der Waals surface area contributed by atoms with E-state index in [1.165, 1.54) is 12.0 Å². The fourth-order valence-corrected chi connectivity index (χ4v) is 2.58. The van der Waals surface area contributed by atoms with Crippen LogP contribution in [0.5, 0.6) is 5.75 Å². The van der Waals surface area contributed by atoms with Gasteiger partial charge in [-0.25, -0.2) is 0 Å². The summed E-state index contributed by atoms with van der Waals surface area (Å²) in [4.78, 5) is 2.46. The Hall–Kier alpha value is -1.06. The molecule has 94 valence electrons. The summed E-state index contributed by atoms with van der Waals surface area (Å²) in [6, 6.07) is 7.92. The van der Waals surface area contributed by atoms with E-state index in [-0.39, 0.29) is 0 Å². The fourth-order valence-electron chi connectivity index (χ4n) is 2.58. The van der Waals surface area contributed by atoms with Gasteiger partial charge in [0.1, 0.15) is 5.75 Å². The first-order valence-electron chi connectivity index (χ1n) is 6.22. The van der Waals surface area contributed by atoms with Gasteiger partial charge in [0.25, 0.3) is 0 Å². The van der Waals surface area contributed by atoms with Gasteiger partial charge in [0, 0.05) is 19.7 Å². The normalized spacial score (nSPS) is 22.8. The van der Waals surface area contributed by atoms with E-state index in [0.29, 0.717) is 17.7 Å². The number of phenols is 1. The van der Waals surface area contributed by atoms with Crippen molar-refractivity contribution in [2.75, 3.05) is 26.8 Å². The Morgan fingerprint density at radius 1 is 1.53 bits per heavy atom. The molecule has 1 saturated heterocycles. The zero-order valence-corrected chi connectivity index (χ0v) is 10.6. The van der Waals surface area contributed by atoms with Gasteiger partial charge < -0.3 is 9.84 Å². The van der Waals surface area contributed by atoms with Crippen LogP contribution in [0.1, 0.15) is 24.9 Å². The van der Waals surface area contributed by atoms with E-state index in [2.05, 4.69) is 17.9 Å². The van der Waals surface area contributed by atoms with Gasteiger partial charge in [0.05, 0.1) is 6.61 Å². The number of aromatic hydroxyl groups is 1. The molecule has 1 aromatic rings. The number of ether oxygens (including phenoxy) is 1. The first-order chi connectivity index (χ1) is 8.20. The summed E-state index contributed by atoms with van der Waals surface area (Å²) >= 11 is 0. The van der Waals surface area contributed by atoms with Crippen LogP contribution in [0.25, 0.3) is 0 Å². The molecule has 1 fully saturated rings. The highest BCUT2D eigenvalue weighted by molar-refractivity contribution is 5.29. The summed E-state index contributed by atoms with van der Waals surface area (Å²) in [5.41, 5.74) is 1.18. The average molecular weight is 235 g/mol. The zero-order valence-electron chi connectivity index (χ0n) is 10.6. The Labute approximate surface area is 103 Å². The molecule has 2 unspecified atom stereocenters. The molecule has 2 atom stereocenters. The highest BCUT2D eigenvalue weighted by Crippen LogP contribution is 2.28. The Bertz CT molecular complexity index is 367. The smallest absolute Gasteiger partial charge is 0.115 e. The summed E-state index contributed by atoms with van der Waals surface area (Å²) in [5, 5.41) is 9.50. The minimum absolute atomic E-state index is 0.349. The number of hydrogen-bond donors (Lipinski definition) is 1. The molecule has 2 rings (SSSR count). The quantitative estimate of drug-likeness (QED) is 0.870. The molecule has 0 aliphatic carbocycles. The van der Waals surface area contributed by atoms with Crippen molar-refractivity contribution in [3.63, 3.8) is 0 Å². The second kappa shape index (κ2) is 5.52. The van der Waals surface area contributed by atoms with Crippen LogP contribution in [-0.2, 0) is 4.74 Å². The van der Waals surface area contributed by atoms with Crippen LogP contribution in [0.2, 0.25) is 0 Å². The van der Waals surface area contributed by atoms with Gasteiger partial charge in [0.15, 0.2) is 0 Å². The molecule has 1 aromatic carbocycles. The third-order valence-electron chi connectivity index (χ3n) is 3.62. The van der Waals surface area contributed by atoms with E-state index in [9.17, 15) is 5.11 Å². The number of likely N-dealkylation sites (tertiary alicyclic amines) is 1. The highest BCUT2D eigenvalue weighted by Gasteiger charge is 2.26. The van der Waals surface area contributed by atoms with Gasteiger partial charge in [-0.15, -0.1) is 0 Å². The van der Waals surface area contributed by atoms with Gasteiger partial charge >= 0.3 is 0 Å². The van der Waals surface area contributed by atoms with Gasteiger partial charge in [-0.2, -0.15) is 0 Å². The molecule has 0 saturated carbocycles. The maximum absolute atomic E-state index is 9.50. The standard InChI is InChI=1S/C14H21NO2/c1-11(13-4-3-5-14(16)8-13)15-7-6-12(9-15)10-17-2/h3-5,8,11-12,16H,6-7,9-10H2,1-2H3. The van der Waals surface area contributed by atoms with Crippen molar-refractivity contribution in [2.45, 2.75) is 19.4 Å². The lowest BCUT2D eigenvalue weighted by Gasteiger charge is -2.24. The maximum Gasteiger partial charge on any atom is 0.115 e. The number of phenolic OH excluding ortho intramolecular Hbond substituents is 1. The number of nitrogens with zero attached hydrogens (tertiary/aromatic N) is 1. The van der Waals surface area contributed by atoms with Gasteiger partial charge in [0.2, 0.25) is 0 Å². The molecule has 0 amide bonds. The largest absolute Gasteiger partial charge is 0.508 e. The van der Waals surface area contributed by atoms with E-state index in [1.807, 2.05) is 12.1 Å². The summed E-state index contributed by atoms with van der Waals surface area (Å²) in [6.45, 7) is 5.25. The van der Waals surface area contributed by atoms with E-state index in [1.54, 1.807) is 13.2 Å². The Morgan fingerprint density at radius 2 is 2.35 bits per heavy atom. The molecule has 0 radical (unpaired) electrons. The summed E-state index contributed by atoms with van der Waals surface area (Å²) in [5.74, 6) is 1.00. The monoisotopic (exact) mass is 235 g/mol. The third-order valence-corrected chi connectivity index (χ3v) is 3.62. The van der Waals surface area contributed by atoms with Crippen LogP contribution in [0.15, 0.2) is 24.3 Å². The van der Waals surface area contributed by atoms with Crippen molar-refractivity contribution in [1.82, 2.24) is 4.90 Å². The topological polar surface area (TPSA) is 32.7 Å². The van der Waals surface area contributed by atoms with Gasteiger partial charge in [-0.3, -0.25) is 4.90 Å². The minimum atomic E-state index is 0.349. The first kappa shape index (κ1) is 12.4. The zero-order chi connectivity index (χ0) is 12.3. The number of benzene rings is 1. The predicted octanol–water partition coefficient (Wildman–Crippen LogP) is 2.42. The van der Waals surface area contributed by atoms with Crippen LogP contribution in [-0.4, -0.2) is 36.8 Å². The third kappa shape index (κ3) is 2.99. The van der Waals surface area contributed by atoms with Crippen molar-refractivity contribution in [3.05, 3.63) is 29.8 Å². The summed E-state index contributed by atoms with van der Waals surface area (Å²) < 4.78 is 5.21. The Morgan fingerprint density at radius 3 is 3.06 bits per heavy atom. The molecule has 3 heteroatoms. The van der Waals surface area contributed by atoms with Crippen LogP contribution in [0.3, 0.4) is 0 Å². The SMILES string of the molecule is COCC1CCN(C(C)c2cccc(O)c2)C1. The second-order valence-corrected chi connectivity index (χ2v) is 4.88. The van der Waals surface area contributed by atoms with Crippen molar-refractivity contribution in [2.24, 2.45) is 5.92 Å². The van der Waals surface area contributed by atoms with Crippen LogP contribution >= 0.6 is 0 Å². The molecule has 3 nitrogen and oxygen atoms in total. The molecule has 1 N–H and O–H groups in total. The van der Waals surface area contributed by atoms with Crippen molar-refractivity contribution in [3.8, 4) is 5.75 Å². The van der Waals surface area contributed by atoms with Crippen LogP contribution in [0, 0.1) is 5.92 Å². The molecule has 1 aliphatic heterocycles. The van der Waals surface area contributed by atoms with Gasteiger partial charge in [-0.05, 0) is 43.5 Å². The van der Waals surface area contributed by atoms with E-state index in [0.717, 1.165) is 19.7 Å². The Balaban J connectivity index is 1.99. The highest BCUT2D eigenvalue weighted by atomic mass is 16.5. The summed E-state index contributed by atoms with van der Waals surface area (Å²) in [7, 11) is 1.77. The van der Waals surface area contributed by atoms with E-state index in [4.69, 9.17) is 4.74 Å². The number of rotatable bonds is 4. The average Bonchev–Trinajstić information content (AvgIpc) is 2.77. The molecular weight excluding hydrogens is 214 g/mol. The predicted molar refractivity (Wildman–Crippen MR) is 68.1 cm³/mol. The lowest BCUT2D eigenvalue weighted by molar-refractivity contribution is 0.148. The lowest BCUT2D eigenvalue weighted by Crippen LogP contribution is -2.25. The Kier molecular flexibility index (Phi) is 4.02. The minimum Gasteiger partial charge on any atom is -0.508 e. The number of hydrogen-bond acceptors (Lipinski definition) is 3. The molecular formula is C14H21NO2. The molecule has 1 aliphatic rings. The molecule has 17 heavy (non-hydrogen) atoms. The molecule has 0 bridgehead atoms. The molecule has 1 heterocycles. The van der Waals surface area contributed by atoms with Gasteiger partial charge in [-0.1, -0.05) is 12.1 Å². The maximum atomic E-state index is 9.50. The van der Waals surface area contributed by atoms with Crippen molar-refractivity contribution >= 4 is 0 Å². The van der Waals surface area contributed by atoms with Crippen molar-refractivity contribution in [1.29, 1.82) is 0 Å².